The normalized spacial score (nSPS) is 24.9. The minimum atomic E-state index is 0.638. The molecular formula is C15H30N2. The molecule has 1 unspecified atom stereocenters. The third kappa shape index (κ3) is 3.96. The predicted molar refractivity (Wildman–Crippen MR) is 74.0 cm³/mol. The van der Waals surface area contributed by atoms with Crippen molar-refractivity contribution in [1.29, 1.82) is 0 Å². The van der Waals surface area contributed by atoms with Gasteiger partial charge < -0.3 is 10.6 Å². The largest absolute Gasteiger partial charge is 0.329 e. The molecule has 0 aromatic rings. The van der Waals surface area contributed by atoms with Gasteiger partial charge in [-0.15, -0.1) is 0 Å². The van der Waals surface area contributed by atoms with E-state index in [-0.39, 0.29) is 0 Å². The van der Waals surface area contributed by atoms with Crippen LogP contribution in [0.2, 0.25) is 0 Å². The van der Waals surface area contributed by atoms with Gasteiger partial charge in [0.2, 0.25) is 0 Å². The molecule has 0 heterocycles. The van der Waals surface area contributed by atoms with Crippen molar-refractivity contribution in [1.82, 2.24) is 4.90 Å². The maximum atomic E-state index is 5.98. The smallest absolute Gasteiger partial charge is 0.0218 e. The van der Waals surface area contributed by atoms with E-state index in [0.29, 0.717) is 6.04 Å². The van der Waals surface area contributed by atoms with Crippen LogP contribution in [-0.4, -0.2) is 31.1 Å². The molecule has 0 aliphatic heterocycles. The molecule has 2 rings (SSSR count). The Morgan fingerprint density at radius 1 is 1.00 bits per heavy atom. The summed E-state index contributed by atoms with van der Waals surface area (Å²) in [6.07, 6.45) is 13.0. The van der Waals surface area contributed by atoms with E-state index in [0.717, 1.165) is 18.4 Å². The van der Waals surface area contributed by atoms with Crippen LogP contribution in [0.15, 0.2) is 0 Å². The van der Waals surface area contributed by atoms with Gasteiger partial charge in [0.1, 0.15) is 0 Å². The van der Waals surface area contributed by atoms with E-state index >= 15 is 0 Å². The summed E-state index contributed by atoms with van der Waals surface area (Å²) >= 11 is 0. The van der Waals surface area contributed by atoms with Crippen molar-refractivity contribution in [3.05, 3.63) is 0 Å². The fourth-order valence-corrected chi connectivity index (χ4v) is 3.50. The summed E-state index contributed by atoms with van der Waals surface area (Å²) in [6.45, 7) is 2.13. The van der Waals surface area contributed by atoms with E-state index in [2.05, 4.69) is 11.9 Å². The lowest BCUT2D eigenvalue weighted by Gasteiger charge is -2.36. The topological polar surface area (TPSA) is 29.3 Å². The van der Waals surface area contributed by atoms with E-state index in [1.165, 1.54) is 64.3 Å². The van der Waals surface area contributed by atoms with Gasteiger partial charge in [-0.2, -0.15) is 0 Å². The molecular weight excluding hydrogens is 208 g/mol. The van der Waals surface area contributed by atoms with Crippen LogP contribution in [0.4, 0.5) is 0 Å². The molecule has 0 aromatic carbocycles. The van der Waals surface area contributed by atoms with E-state index in [1.54, 1.807) is 0 Å². The van der Waals surface area contributed by atoms with Crippen molar-refractivity contribution in [2.75, 3.05) is 20.1 Å². The molecule has 0 aromatic heterocycles. The molecule has 2 saturated carbocycles. The molecule has 0 spiro atoms. The van der Waals surface area contributed by atoms with Gasteiger partial charge in [-0.05, 0) is 38.1 Å². The Balaban J connectivity index is 1.73. The van der Waals surface area contributed by atoms with Gasteiger partial charge in [-0.3, -0.25) is 0 Å². The summed E-state index contributed by atoms with van der Waals surface area (Å²) in [5.74, 6) is 1.93. The van der Waals surface area contributed by atoms with Crippen molar-refractivity contribution in [2.24, 2.45) is 17.6 Å². The molecule has 2 N–H and O–H groups in total. The van der Waals surface area contributed by atoms with E-state index < -0.39 is 0 Å². The summed E-state index contributed by atoms with van der Waals surface area (Å²) < 4.78 is 0. The molecule has 0 radical (unpaired) electrons. The van der Waals surface area contributed by atoms with Crippen LogP contribution in [0, 0.1) is 11.8 Å². The number of rotatable bonds is 6. The van der Waals surface area contributed by atoms with Gasteiger partial charge in [-0.25, -0.2) is 0 Å². The highest BCUT2D eigenvalue weighted by molar-refractivity contribution is 4.80. The van der Waals surface area contributed by atoms with Crippen LogP contribution < -0.4 is 5.73 Å². The standard InChI is InChI=1S/C15H30N2/c1-17(12-14-8-5-9-14)15(11-16)10-13-6-3-2-4-7-13/h13-15H,2-12,16H2,1H3. The number of hydrogen-bond donors (Lipinski definition) is 1. The molecule has 0 amide bonds. The second-order valence-corrected chi connectivity index (χ2v) is 6.37. The minimum Gasteiger partial charge on any atom is -0.329 e. The fraction of sp³-hybridized carbons (Fsp3) is 1.00. The van der Waals surface area contributed by atoms with Crippen LogP contribution >= 0.6 is 0 Å². The second-order valence-electron chi connectivity index (χ2n) is 6.37. The predicted octanol–water partition coefficient (Wildman–Crippen LogP) is 3.02. The average Bonchev–Trinajstić information content (AvgIpc) is 2.32. The van der Waals surface area contributed by atoms with Gasteiger partial charge in [0.15, 0.2) is 0 Å². The molecule has 0 bridgehead atoms. The first-order valence-corrected chi connectivity index (χ1v) is 7.70. The molecule has 2 aliphatic rings. The van der Waals surface area contributed by atoms with Gasteiger partial charge >= 0.3 is 0 Å². The number of likely N-dealkylation sites (N-methyl/N-ethyl adjacent to an activating group) is 1. The Bertz CT molecular complexity index is 207. The Hall–Kier alpha value is -0.0800. The quantitative estimate of drug-likeness (QED) is 0.771. The molecule has 2 nitrogen and oxygen atoms in total. The van der Waals surface area contributed by atoms with Crippen LogP contribution in [0.25, 0.3) is 0 Å². The monoisotopic (exact) mass is 238 g/mol. The average molecular weight is 238 g/mol. The molecule has 1 atom stereocenters. The molecule has 2 fully saturated rings. The van der Waals surface area contributed by atoms with Crippen molar-refractivity contribution in [2.45, 2.75) is 63.8 Å². The Morgan fingerprint density at radius 2 is 1.65 bits per heavy atom. The first kappa shape index (κ1) is 13.4. The minimum absolute atomic E-state index is 0.638. The Kier molecular flexibility index (Phi) is 5.30. The zero-order valence-electron chi connectivity index (χ0n) is 11.5. The van der Waals surface area contributed by atoms with Crippen LogP contribution in [0.1, 0.15) is 57.8 Å². The lowest BCUT2D eigenvalue weighted by Crippen LogP contribution is -2.43. The van der Waals surface area contributed by atoms with Gasteiger partial charge in [-0.1, -0.05) is 38.5 Å². The third-order valence-corrected chi connectivity index (χ3v) is 5.00. The van der Waals surface area contributed by atoms with Crippen LogP contribution in [0.3, 0.4) is 0 Å². The molecule has 0 saturated heterocycles. The maximum absolute atomic E-state index is 5.98. The number of nitrogens with zero attached hydrogens (tertiary/aromatic N) is 1. The third-order valence-electron chi connectivity index (χ3n) is 5.00. The number of nitrogens with two attached hydrogens (primary N) is 1. The van der Waals surface area contributed by atoms with Crippen LogP contribution in [-0.2, 0) is 0 Å². The summed E-state index contributed by atoms with van der Waals surface area (Å²) in [5.41, 5.74) is 5.98. The van der Waals surface area contributed by atoms with Crippen molar-refractivity contribution >= 4 is 0 Å². The van der Waals surface area contributed by atoms with E-state index in [9.17, 15) is 0 Å². The maximum Gasteiger partial charge on any atom is 0.0218 e. The summed E-state index contributed by atoms with van der Waals surface area (Å²) in [7, 11) is 2.29. The molecule has 2 heteroatoms. The van der Waals surface area contributed by atoms with Crippen molar-refractivity contribution < 1.29 is 0 Å². The highest BCUT2D eigenvalue weighted by Gasteiger charge is 2.25. The molecule has 17 heavy (non-hydrogen) atoms. The molecule has 2 aliphatic carbocycles. The summed E-state index contributed by atoms with van der Waals surface area (Å²) in [5, 5.41) is 0. The Morgan fingerprint density at radius 3 is 2.18 bits per heavy atom. The van der Waals surface area contributed by atoms with Gasteiger partial charge in [0.25, 0.3) is 0 Å². The van der Waals surface area contributed by atoms with Crippen molar-refractivity contribution in [3.8, 4) is 0 Å². The zero-order chi connectivity index (χ0) is 12.1. The lowest BCUT2D eigenvalue weighted by atomic mass is 9.83. The van der Waals surface area contributed by atoms with E-state index in [4.69, 9.17) is 5.73 Å². The van der Waals surface area contributed by atoms with E-state index in [1.807, 2.05) is 0 Å². The zero-order valence-corrected chi connectivity index (χ0v) is 11.5. The van der Waals surface area contributed by atoms with Crippen LogP contribution in [0.5, 0.6) is 0 Å². The summed E-state index contributed by atoms with van der Waals surface area (Å²) in [6, 6.07) is 0.638. The fourth-order valence-electron chi connectivity index (χ4n) is 3.50. The van der Waals surface area contributed by atoms with Crippen molar-refractivity contribution in [3.63, 3.8) is 0 Å². The summed E-state index contributed by atoms with van der Waals surface area (Å²) in [4.78, 5) is 2.55. The second kappa shape index (κ2) is 6.75. The number of hydrogen-bond acceptors (Lipinski definition) is 2. The van der Waals surface area contributed by atoms with Gasteiger partial charge in [0.05, 0.1) is 0 Å². The highest BCUT2D eigenvalue weighted by Crippen LogP contribution is 2.30. The lowest BCUT2D eigenvalue weighted by molar-refractivity contribution is 0.139. The van der Waals surface area contributed by atoms with Gasteiger partial charge in [0, 0.05) is 19.1 Å². The Labute approximate surface area is 107 Å². The first-order valence-electron chi connectivity index (χ1n) is 7.70. The SMILES string of the molecule is CN(CC1CCC1)C(CN)CC1CCCCC1. The highest BCUT2D eigenvalue weighted by atomic mass is 15.1. The molecule has 100 valence electrons. The first-order chi connectivity index (χ1) is 8.29.